The molecule has 0 saturated carbocycles. The maximum atomic E-state index is 13.0. The third-order valence-electron chi connectivity index (χ3n) is 4.85. The smallest absolute Gasteiger partial charge is 0.333 e. The standard InChI is InChI=1S/C22H17ClN2O4/c1-13-20(21(27)22(28)24-16-10-19(26)29-12-16)17-4-2-3-5-18(17)25(13)11-14-6-8-15(23)9-7-14/h2-10H,11-12H2,1H3,(H,24,28). The Kier molecular flexibility index (Phi) is 4.94. The van der Waals surface area contributed by atoms with Crippen LogP contribution in [0.4, 0.5) is 0 Å². The molecular weight excluding hydrogens is 392 g/mol. The molecule has 0 radical (unpaired) electrons. The summed E-state index contributed by atoms with van der Waals surface area (Å²) < 4.78 is 6.75. The number of fused-ring (bicyclic) bond motifs is 1. The zero-order chi connectivity index (χ0) is 20.5. The number of esters is 1. The summed E-state index contributed by atoms with van der Waals surface area (Å²) in [5, 5.41) is 3.82. The summed E-state index contributed by atoms with van der Waals surface area (Å²) in [7, 11) is 0. The summed E-state index contributed by atoms with van der Waals surface area (Å²) in [5.74, 6) is -2.00. The van der Waals surface area contributed by atoms with Crippen LogP contribution in [0.15, 0.2) is 60.3 Å². The van der Waals surface area contributed by atoms with Crippen LogP contribution in [0.2, 0.25) is 5.02 Å². The van der Waals surface area contributed by atoms with Crippen molar-refractivity contribution in [2.75, 3.05) is 6.61 Å². The van der Waals surface area contributed by atoms with E-state index in [0.29, 0.717) is 28.2 Å². The number of carbonyl (C=O) groups excluding carboxylic acids is 3. The Hall–Kier alpha value is -3.38. The number of nitrogens with one attached hydrogen (secondary N) is 1. The number of Topliss-reactive ketones (excluding diaryl/α,β-unsaturated/α-hetero) is 1. The highest BCUT2D eigenvalue weighted by atomic mass is 35.5. The molecule has 2 aromatic carbocycles. The van der Waals surface area contributed by atoms with E-state index in [4.69, 9.17) is 16.3 Å². The first-order chi connectivity index (χ1) is 13.9. The van der Waals surface area contributed by atoms with Crippen molar-refractivity contribution in [1.82, 2.24) is 9.88 Å². The predicted octanol–water partition coefficient (Wildman–Crippen LogP) is 3.39. The number of nitrogens with zero attached hydrogens (tertiary/aromatic N) is 1. The number of ketones is 1. The van der Waals surface area contributed by atoms with E-state index in [1.807, 2.05) is 60.0 Å². The number of carbonyl (C=O) groups is 3. The van der Waals surface area contributed by atoms with Crippen LogP contribution in [-0.2, 0) is 20.9 Å². The molecule has 1 aliphatic rings. The summed E-state index contributed by atoms with van der Waals surface area (Å²) in [4.78, 5) is 36.6. The lowest BCUT2D eigenvalue weighted by atomic mass is 10.1. The summed E-state index contributed by atoms with van der Waals surface area (Å²) in [5.41, 5.74) is 3.19. The largest absolute Gasteiger partial charge is 0.456 e. The van der Waals surface area contributed by atoms with Crippen LogP contribution >= 0.6 is 11.6 Å². The molecule has 29 heavy (non-hydrogen) atoms. The Morgan fingerprint density at radius 2 is 1.86 bits per heavy atom. The zero-order valence-electron chi connectivity index (χ0n) is 15.6. The van der Waals surface area contributed by atoms with Crippen molar-refractivity contribution in [1.29, 1.82) is 0 Å². The molecule has 1 N–H and O–H groups in total. The number of hydrogen-bond donors (Lipinski definition) is 1. The molecule has 1 amide bonds. The highest BCUT2D eigenvalue weighted by Crippen LogP contribution is 2.27. The van der Waals surface area contributed by atoms with Crippen LogP contribution in [0, 0.1) is 6.92 Å². The number of ether oxygens (including phenoxy) is 1. The molecule has 3 aromatic rings. The number of benzene rings is 2. The van der Waals surface area contributed by atoms with Crippen molar-refractivity contribution < 1.29 is 19.1 Å². The van der Waals surface area contributed by atoms with E-state index in [0.717, 1.165) is 11.1 Å². The fourth-order valence-corrected chi connectivity index (χ4v) is 3.58. The van der Waals surface area contributed by atoms with Crippen molar-refractivity contribution >= 4 is 40.2 Å². The molecule has 7 heteroatoms. The monoisotopic (exact) mass is 408 g/mol. The van der Waals surface area contributed by atoms with Gasteiger partial charge in [0.15, 0.2) is 0 Å². The average Bonchev–Trinajstić information content (AvgIpc) is 3.24. The number of hydrogen-bond acceptors (Lipinski definition) is 4. The third-order valence-corrected chi connectivity index (χ3v) is 5.11. The summed E-state index contributed by atoms with van der Waals surface area (Å²) in [6.07, 6.45) is 1.17. The van der Waals surface area contributed by atoms with Gasteiger partial charge in [-0.05, 0) is 30.7 Å². The molecule has 0 unspecified atom stereocenters. The minimum Gasteiger partial charge on any atom is -0.456 e. The van der Waals surface area contributed by atoms with Gasteiger partial charge in [-0.25, -0.2) is 4.79 Å². The minimum atomic E-state index is -0.799. The zero-order valence-corrected chi connectivity index (χ0v) is 16.3. The van der Waals surface area contributed by atoms with Gasteiger partial charge in [0.1, 0.15) is 6.61 Å². The lowest BCUT2D eigenvalue weighted by molar-refractivity contribution is -0.135. The first-order valence-electron chi connectivity index (χ1n) is 8.99. The number of halogens is 1. The number of aromatic nitrogens is 1. The second-order valence-electron chi connectivity index (χ2n) is 6.75. The molecular formula is C22H17ClN2O4. The van der Waals surface area contributed by atoms with Gasteiger partial charge in [0.2, 0.25) is 0 Å². The molecule has 0 atom stereocenters. The molecule has 0 fully saturated rings. The number of para-hydroxylation sites is 1. The Bertz CT molecular complexity index is 1180. The number of amides is 1. The Balaban J connectivity index is 1.71. The molecule has 6 nitrogen and oxygen atoms in total. The van der Waals surface area contributed by atoms with E-state index in [1.165, 1.54) is 6.08 Å². The van der Waals surface area contributed by atoms with Gasteiger partial charge in [-0.1, -0.05) is 41.9 Å². The molecule has 1 aliphatic heterocycles. The lowest BCUT2D eigenvalue weighted by Gasteiger charge is -2.09. The van der Waals surface area contributed by atoms with Crippen LogP contribution < -0.4 is 5.32 Å². The van der Waals surface area contributed by atoms with Crippen LogP contribution in [-0.4, -0.2) is 28.8 Å². The second kappa shape index (κ2) is 7.56. The molecule has 0 bridgehead atoms. The molecule has 0 saturated heterocycles. The average molecular weight is 409 g/mol. The van der Waals surface area contributed by atoms with Gasteiger partial charge in [-0.3, -0.25) is 9.59 Å². The van der Waals surface area contributed by atoms with Crippen LogP contribution in [0.5, 0.6) is 0 Å². The maximum Gasteiger partial charge on any atom is 0.333 e. The molecule has 0 aliphatic carbocycles. The number of cyclic esters (lactones) is 1. The molecule has 0 spiro atoms. The van der Waals surface area contributed by atoms with E-state index < -0.39 is 17.7 Å². The molecule has 146 valence electrons. The van der Waals surface area contributed by atoms with E-state index in [1.54, 1.807) is 0 Å². The van der Waals surface area contributed by atoms with Crippen LogP contribution in [0.3, 0.4) is 0 Å². The first-order valence-corrected chi connectivity index (χ1v) is 9.37. The summed E-state index contributed by atoms with van der Waals surface area (Å²) >= 11 is 5.97. The van der Waals surface area contributed by atoms with Crippen LogP contribution in [0.1, 0.15) is 21.6 Å². The molecule has 1 aromatic heterocycles. The lowest BCUT2D eigenvalue weighted by Crippen LogP contribution is -2.31. The van der Waals surface area contributed by atoms with Gasteiger partial charge in [-0.2, -0.15) is 0 Å². The fourth-order valence-electron chi connectivity index (χ4n) is 3.46. The highest BCUT2D eigenvalue weighted by Gasteiger charge is 2.26. The maximum absolute atomic E-state index is 13.0. The normalized spacial score (nSPS) is 13.3. The summed E-state index contributed by atoms with van der Waals surface area (Å²) in [6.45, 7) is 2.30. The summed E-state index contributed by atoms with van der Waals surface area (Å²) in [6, 6.07) is 14.9. The topological polar surface area (TPSA) is 77.4 Å². The fraction of sp³-hybridized carbons (Fsp3) is 0.136. The van der Waals surface area contributed by atoms with Gasteiger partial charge < -0.3 is 14.6 Å². The van der Waals surface area contributed by atoms with Gasteiger partial charge in [0, 0.05) is 34.2 Å². The second-order valence-corrected chi connectivity index (χ2v) is 7.19. The van der Waals surface area contributed by atoms with Gasteiger partial charge >= 0.3 is 5.97 Å². The van der Waals surface area contributed by atoms with Crippen molar-refractivity contribution in [3.63, 3.8) is 0 Å². The Morgan fingerprint density at radius 3 is 2.55 bits per heavy atom. The van der Waals surface area contributed by atoms with E-state index in [9.17, 15) is 14.4 Å². The van der Waals surface area contributed by atoms with Crippen molar-refractivity contribution in [3.05, 3.63) is 82.1 Å². The highest BCUT2D eigenvalue weighted by molar-refractivity contribution is 6.45. The third kappa shape index (κ3) is 3.67. The Labute approximate surface area is 171 Å². The predicted molar refractivity (Wildman–Crippen MR) is 109 cm³/mol. The quantitative estimate of drug-likeness (QED) is 0.399. The van der Waals surface area contributed by atoms with Crippen LogP contribution in [0.25, 0.3) is 10.9 Å². The van der Waals surface area contributed by atoms with Crippen molar-refractivity contribution in [2.45, 2.75) is 13.5 Å². The molecule has 2 heterocycles. The minimum absolute atomic E-state index is 0.0465. The van der Waals surface area contributed by atoms with Gasteiger partial charge in [-0.15, -0.1) is 0 Å². The van der Waals surface area contributed by atoms with E-state index in [-0.39, 0.29) is 12.3 Å². The first kappa shape index (κ1) is 19.0. The van der Waals surface area contributed by atoms with Gasteiger partial charge in [0.05, 0.1) is 11.3 Å². The van der Waals surface area contributed by atoms with Gasteiger partial charge in [0.25, 0.3) is 11.7 Å². The molecule has 4 rings (SSSR count). The van der Waals surface area contributed by atoms with E-state index >= 15 is 0 Å². The Morgan fingerprint density at radius 1 is 1.14 bits per heavy atom. The SMILES string of the molecule is Cc1c(C(=O)C(=O)NC2=CC(=O)OC2)c2ccccc2n1Cc1ccc(Cl)cc1. The van der Waals surface area contributed by atoms with Crippen molar-refractivity contribution in [3.8, 4) is 0 Å². The van der Waals surface area contributed by atoms with E-state index in [2.05, 4.69) is 5.32 Å². The van der Waals surface area contributed by atoms with Crippen molar-refractivity contribution in [2.24, 2.45) is 0 Å². The number of rotatable bonds is 5.